The zero-order valence-corrected chi connectivity index (χ0v) is 15.7. The van der Waals surface area contributed by atoms with Gasteiger partial charge in [0.25, 0.3) is 5.91 Å². The summed E-state index contributed by atoms with van der Waals surface area (Å²) in [5.74, 6) is -1.87. The fourth-order valence-corrected chi connectivity index (χ4v) is 3.18. The van der Waals surface area contributed by atoms with Gasteiger partial charge in [-0.05, 0) is 66.1 Å². The van der Waals surface area contributed by atoms with Gasteiger partial charge in [0, 0.05) is 12.4 Å². The monoisotopic (exact) mass is 398 g/mol. The molecule has 0 spiro atoms. The molecule has 146 valence electrons. The normalized spacial score (nSPS) is 10.5. The second-order valence-electron chi connectivity index (χ2n) is 6.56. The molecule has 0 radical (unpaired) electrons. The Hall–Kier alpha value is -4.51. The van der Waals surface area contributed by atoms with Gasteiger partial charge in [0.2, 0.25) is 0 Å². The van der Waals surface area contributed by atoms with Crippen molar-refractivity contribution in [3.8, 4) is 17.2 Å². The minimum absolute atomic E-state index is 0.0371. The van der Waals surface area contributed by atoms with Crippen molar-refractivity contribution in [2.24, 2.45) is 0 Å². The number of carbonyl (C=O) groups excluding carboxylic acids is 1. The van der Waals surface area contributed by atoms with Gasteiger partial charge in [-0.3, -0.25) is 9.78 Å². The lowest BCUT2D eigenvalue weighted by Crippen LogP contribution is -2.15. The van der Waals surface area contributed by atoms with Gasteiger partial charge in [-0.25, -0.2) is 4.79 Å². The van der Waals surface area contributed by atoms with E-state index in [2.05, 4.69) is 15.5 Å². The number of carbonyl (C=O) groups is 2. The van der Waals surface area contributed by atoms with Crippen LogP contribution in [0.5, 0.6) is 0 Å². The standard InChI is InChI=1S/C22H14N4O4/c1-12-8-17-19(10-15(12)14-4-6-24-7-5-14)30-26-20(17)21(27)25-18-3-2-13(11-23)9-16(18)22(28)29/h2-10H,1H3,(H,25,27)(H,28,29). The average molecular weight is 398 g/mol. The molecule has 2 aromatic carbocycles. The van der Waals surface area contributed by atoms with Crippen molar-refractivity contribution in [1.29, 1.82) is 5.26 Å². The first-order chi connectivity index (χ1) is 14.5. The number of carboxylic acids is 1. The summed E-state index contributed by atoms with van der Waals surface area (Å²) in [6, 6.07) is 13.2. The van der Waals surface area contributed by atoms with Gasteiger partial charge in [0.1, 0.15) is 0 Å². The number of nitrogens with zero attached hydrogens (tertiary/aromatic N) is 3. The first kappa shape index (κ1) is 18.8. The second kappa shape index (κ2) is 7.48. The third-order valence-corrected chi connectivity index (χ3v) is 4.65. The summed E-state index contributed by atoms with van der Waals surface area (Å²) >= 11 is 0. The number of nitrogens with one attached hydrogen (secondary N) is 1. The van der Waals surface area contributed by atoms with Gasteiger partial charge in [-0.1, -0.05) is 5.16 Å². The highest BCUT2D eigenvalue weighted by Gasteiger charge is 2.20. The lowest BCUT2D eigenvalue weighted by molar-refractivity contribution is 0.0698. The van der Waals surface area contributed by atoms with Crippen molar-refractivity contribution >= 4 is 28.5 Å². The number of aryl methyl sites for hydroxylation is 1. The van der Waals surface area contributed by atoms with E-state index in [1.807, 2.05) is 25.1 Å². The van der Waals surface area contributed by atoms with Crippen LogP contribution < -0.4 is 5.32 Å². The van der Waals surface area contributed by atoms with Crippen LogP contribution in [-0.4, -0.2) is 27.1 Å². The molecule has 4 rings (SSSR count). The molecule has 2 heterocycles. The van der Waals surface area contributed by atoms with Crippen molar-refractivity contribution in [1.82, 2.24) is 10.1 Å². The van der Waals surface area contributed by atoms with Gasteiger partial charge >= 0.3 is 5.97 Å². The van der Waals surface area contributed by atoms with Crippen molar-refractivity contribution in [2.75, 3.05) is 5.32 Å². The molecule has 0 saturated heterocycles. The number of hydrogen-bond donors (Lipinski definition) is 2. The minimum Gasteiger partial charge on any atom is -0.478 e. The molecule has 0 aliphatic rings. The highest BCUT2D eigenvalue weighted by molar-refractivity contribution is 6.13. The number of hydrogen-bond acceptors (Lipinski definition) is 6. The smallest absolute Gasteiger partial charge is 0.337 e. The van der Waals surface area contributed by atoms with Crippen LogP contribution >= 0.6 is 0 Å². The molecule has 8 heteroatoms. The maximum atomic E-state index is 12.8. The molecule has 0 saturated carbocycles. The summed E-state index contributed by atoms with van der Waals surface area (Å²) in [7, 11) is 0. The first-order valence-corrected chi connectivity index (χ1v) is 8.87. The van der Waals surface area contributed by atoms with Gasteiger partial charge in [0.15, 0.2) is 11.3 Å². The van der Waals surface area contributed by atoms with Crippen LogP contribution in [0, 0.1) is 18.3 Å². The number of rotatable bonds is 4. The second-order valence-corrected chi connectivity index (χ2v) is 6.56. The van der Waals surface area contributed by atoms with Gasteiger partial charge in [-0.15, -0.1) is 0 Å². The van der Waals surface area contributed by atoms with E-state index in [4.69, 9.17) is 9.78 Å². The number of benzene rings is 2. The van der Waals surface area contributed by atoms with Crippen molar-refractivity contribution in [3.05, 3.63) is 77.2 Å². The van der Waals surface area contributed by atoms with E-state index in [-0.39, 0.29) is 22.5 Å². The SMILES string of the molecule is Cc1cc2c(C(=O)Nc3ccc(C#N)cc3C(=O)O)noc2cc1-c1ccncc1. The van der Waals surface area contributed by atoms with Gasteiger partial charge in [0.05, 0.1) is 28.3 Å². The number of fused-ring (bicyclic) bond motifs is 1. The molecule has 30 heavy (non-hydrogen) atoms. The molecule has 4 aromatic rings. The molecule has 2 N–H and O–H groups in total. The van der Waals surface area contributed by atoms with Gasteiger partial charge < -0.3 is 14.9 Å². The van der Waals surface area contributed by atoms with E-state index < -0.39 is 11.9 Å². The van der Waals surface area contributed by atoms with Crippen LogP contribution in [0.2, 0.25) is 0 Å². The summed E-state index contributed by atoms with van der Waals surface area (Å²) in [5.41, 5.74) is 3.31. The summed E-state index contributed by atoms with van der Waals surface area (Å²) in [6.07, 6.45) is 3.38. The largest absolute Gasteiger partial charge is 0.478 e. The Morgan fingerprint density at radius 2 is 1.90 bits per heavy atom. The van der Waals surface area contributed by atoms with Crippen LogP contribution in [-0.2, 0) is 0 Å². The Bertz CT molecular complexity index is 1340. The number of aromatic nitrogens is 2. The molecular formula is C22H14N4O4. The number of anilines is 1. The molecule has 0 fully saturated rings. The van der Waals surface area contributed by atoms with Crippen molar-refractivity contribution < 1.29 is 19.2 Å². The van der Waals surface area contributed by atoms with Crippen LogP contribution in [0.4, 0.5) is 5.69 Å². The lowest BCUT2D eigenvalue weighted by Gasteiger charge is -2.08. The molecule has 0 unspecified atom stereocenters. The van der Waals surface area contributed by atoms with Crippen LogP contribution in [0.15, 0.2) is 59.4 Å². The Labute approximate surface area is 170 Å². The van der Waals surface area contributed by atoms with Gasteiger partial charge in [-0.2, -0.15) is 5.26 Å². The molecule has 0 aliphatic heterocycles. The summed E-state index contributed by atoms with van der Waals surface area (Å²) < 4.78 is 5.35. The van der Waals surface area contributed by atoms with Crippen LogP contribution in [0.25, 0.3) is 22.1 Å². The number of carboxylic acid groups (broad SMARTS) is 1. The quantitative estimate of drug-likeness (QED) is 0.531. The zero-order chi connectivity index (χ0) is 21.3. The van der Waals surface area contributed by atoms with Crippen molar-refractivity contribution in [2.45, 2.75) is 6.92 Å². The maximum absolute atomic E-state index is 12.8. The molecule has 0 atom stereocenters. The molecule has 8 nitrogen and oxygen atoms in total. The highest BCUT2D eigenvalue weighted by atomic mass is 16.5. The molecular weight excluding hydrogens is 384 g/mol. The maximum Gasteiger partial charge on any atom is 0.337 e. The van der Waals surface area contributed by atoms with Crippen molar-refractivity contribution in [3.63, 3.8) is 0 Å². The predicted octanol–water partition coefficient (Wildman–Crippen LogP) is 4.02. The molecule has 2 aromatic heterocycles. The van der Waals surface area contributed by atoms with E-state index in [0.717, 1.165) is 16.7 Å². The topological polar surface area (TPSA) is 129 Å². The first-order valence-electron chi connectivity index (χ1n) is 8.87. The Balaban J connectivity index is 1.71. The Morgan fingerprint density at radius 3 is 2.60 bits per heavy atom. The third kappa shape index (κ3) is 3.36. The summed E-state index contributed by atoms with van der Waals surface area (Å²) in [4.78, 5) is 28.3. The van der Waals surface area contributed by atoms with E-state index in [1.54, 1.807) is 24.5 Å². The Kier molecular flexibility index (Phi) is 4.70. The fourth-order valence-electron chi connectivity index (χ4n) is 3.18. The lowest BCUT2D eigenvalue weighted by atomic mass is 9.99. The van der Waals surface area contributed by atoms with Crippen LogP contribution in [0.1, 0.15) is 32.0 Å². The number of aromatic carboxylic acids is 1. The summed E-state index contributed by atoms with van der Waals surface area (Å²) in [5, 5.41) is 25.3. The van der Waals surface area contributed by atoms with E-state index in [0.29, 0.717) is 11.0 Å². The Morgan fingerprint density at radius 1 is 1.13 bits per heavy atom. The molecule has 0 aliphatic carbocycles. The average Bonchev–Trinajstić information content (AvgIpc) is 3.16. The van der Waals surface area contributed by atoms with Crippen LogP contribution in [0.3, 0.4) is 0 Å². The summed E-state index contributed by atoms with van der Waals surface area (Å²) in [6.45, 7) is 1.91. The van der Waals surface area contributed by atoms with E-state index in [9.17, 15) is 14.7 Å². The highest BCUT2D eigenvalue weighted by Crippen LogP contribution is 2.30. The molecule has 0 bridgehead atoms. The third-order valence-electron chi connectivity index (χ3n) is 4.65. The number of nitriles is 1. The predicted molar refractivity (Wildman–Crippen MR) is 108 cm³/mol. The zero-order valence-electron chi connectivity index (χ0n) is 15.7. The fraction of sp³-hybridized carbons (Fsp3) is 0.0455. The molecule has 1 amide bonds. The number of amides is 1. The number of pyridine rings is 1. The van der Waals surface area contributed by atoms with E-state index >= 15 is 0 Å². The minimum atomic E-state index is -1.26. The van der Waals surface area contributed by atoms with E-state index in [1.165, 1.54) is 18.2 Å².